The third-order valence-electron chi connectivity index (χ3n) is 3.83. The lowest BCUT2D eigenvalue weighted by molar-refractivity contribution is 0.167. The molecule has 1 aliphatic rings. The van der Waals surface area contributed by atoms with Gasteiger partial charge >= 0.3 is 6.03 Å². The highest BCUT2D eigenvalue weighted by Gasteiger charge is 2.23. The number of rotatable bonds is 1. The van der Waals surface area contributed by atoms with E-state index < -0.39 is 0 Å². The lowest BCUT2D eigenvalue weighted by Crippen LogP contribution is -2.52. The number of aromatic nitrogens is 2. The summed E-state index contributed by atoms with van der Waals surface area (Å²) in [6.45, 7) is 2.54. The highest BCUT2D eigenvalue weighted by Crippen LogP contribution is 2.14. The number of fused-ring (bicyclic) bond motifs is 1. The average Bonchev–Trinajstić information content (AvgIpc) is 2.54. The van der Waals surface area contributed by atoms with E-state index in [1.54, 1.807) is 30.0 Å². The quantitative estimate of drug-likeness (QED) is 0.842. The molecule has 1 aromatic heterocycles. The highest BCUT2D eigenvalue weighted by molar-refractivity contribution is 5.78. The van der Waals surface area contributed by atoms with Gasteiger partial charge in [0.2, 0.25) is 5.95 Å². The number of amides is 2. The van der Waals surface area contributed by atoms with Crippen molar-refractivity contribution in [1.82, 2.24) is 19.8 Å². The predicted molar refractivity (Wildman–Crippen MR) is 85.2 cm³/mol. The zero-order chi connectivity index (χ0) is 15.7. The molecule has 2 aromatic rings. The van der Waals surface area contributed by atoms with Gasteiger partial charge in [0.25, 0.3) is 5.56 Å². The van der Waals surface area contributed by atoms with Gasteiger partial charge in [0, 0.05) is 40.3 Å². The Hall–Kier alpha value is -2.57. The Morgan fingerprint density at radius 3 is 2.55 bits per heavy atom. The summed E-state index contributed by atoms with van der Waals surface area (Å²) >= 11 is 0. The van der Waals surface area contributed by atoms with Crippen LogP contribution in [-0.2, 0) is 0 Å². The molecule has 1 saturated heterocycles. The third kappa shape index (κ3) is 2.61. The molecule has 0 radical (unpaired) electrons. The van der Waals surface area contributed by atoms with Crippen molar-refractivity contribution in [2.75, 3.05) is 45.2 Å². The Balaban J connectivity index is 1.79. The number of hydrogen-bond donors (Lipinski definition) is 1. The number of carbonyl (C=O) groups excluding carboxylic acids is 1. The number of piperazine rings is 1. The molecular formula is C15H19N5O2. The van der Waals surface area contributed by atoms with Crippen LogP contribution < -0.4 is 10.5 Å². The van der Waals surface area contributed by atoms with Gasteiger partial charge in [-0.3, -0.25) is 9.78 Å². The van der Waals surface area contributed by atoms with E-state index in [1.165, 1.54) is 0 Å². The van der Waals surface area contributed by atoms with Crippen LogP contribution in [0.15, 0.2) is 29.1 Å². The van der Waals surface area contributed by atoms with Gasteiger partial charge in [-0.2, -0.15) is 0 Å². The zero-order valence-electron chi connectivity index (χ0n) is 12.7. The van der Waals surface area contributed by atoms with E-state index in [0.29, 0.717) is 43.0 Å². The van der Waals surface area contributed by atoms with Crippen molar-refractivity contribution in [2.45, 2.75) is 0 Å². The Bertz CT molecular complexity index is 747. The fourth-order valence-corrected chi connectivity index (χ4v) is 2.62. The summed E-state index contributed by atoms with van der Waals surface area (Å²) in [5.41, 5.74) is 0.556. The summed E-state index contributed by atoms with van der Waals surface area (Å²) in [5.74, 6) is 0.570. The Morgan fingerprint density at radius 2 is 1.86 bits per heavy atom. The molecule has 116 valence electrons. The van der Waals surface area contributed by atoms with Crippen molar-refractivity contribution in [1.29, 1.82) is 0 Å². The number of nitrogens with zero attached hydrogens (tertiary/aromatic N) is 4. The van der Waals surface area contributed by atoms with Gasteiger partial charge in [-0.1, -0.05) is 12.1 Å². The van der Waals surface area contributed by atoms with Crippen LogP contribution in [0, 0.1) is 0 Å². The molecule has 7 heteroatoms. The second-order valence-electron chi connectivity index (χ2n) is 5.56. The molecule has 2 heterocycles. The lowest BCUT2D eigenvalue weighted by Gasteiger charge is -2.36. The summed E-state index contributed by atoms with van der Waals surface area (Å²) in [5, 5.41) is 0.590. The lowest BCUT2D eigenvalue weighted by atomic mass is 10.2. The maximum absolute atomic E-state index is 12.1. The predicted octanol–water partition coefficient (Wildman–Crippen LogP) is 0.727. The molecule has 2 amide bonds. The topological polar surface area (TPSA) is 72.5 Å². The molecule has 7 nitrogen and oxygen atoms in total. The van der Waals surface area contributed by atoms with Gasteiger partial charge in [-0.25, -0.2) is 9.78 Å². The summed E-state index contributed by atoms with van der Waals surface area (Å²) < 4.78 is 0. The van der Waals surface area contributed by atoms with Gasteiger partial charge in [0.1, 0.15) is 0 Å². The van der Waals surface area contributed by atoms with Crippen molar-refractivity contribution in [3.8, 4) is 0 Å². The van der Waals surface area contributed by atoms with Crippen molar-refractivity contribution in [3.63, 3.8) is 0 Å². The van der Waals surface area contributed by atoms with Gasteiger partial charge in [0.15, 0.2) is 0 Å². The van der Waals surface area contributed by atoms with Gasteiger partial charge in [-0.05, 0) is 12.1 Å². The Morgan fingerprint density at radius 1 is 1.18 bits per heavy atom. The highest BCUT2D eigenvalue weighted by atomic mass is 16.2. The van der Waals surface area contributed by atoms with E-state index >= 15 is 0 Å². The molecule has 0 spiro atoms. The van der Waals surface area contributed by atoms with Crippen LogP contribution in [0.25, 0.3) is 10.9 Å². The van der Waals surface area contributed by atoms with E-state index in [0.717, 1.165) is 0 Å². The molecule has 1 aliphatic heterocycles. The number of nitrogens with one attached hydrogen (secondary N) is 1. The fourth-order valence-electron chi connectivity index (χ4n) is 2.62. The Labute approximate surface area is 128 Å². The van der Waals surface area contributed by atoms with E-state index in [4.69, 9.17) is 0 Å². The number of hydrogen-bond acceptors (Lipinski definition) is 4. The van der Waals surface area contributed by atoms with Crippen molar-refractivity contribution in [2.24, 2.45) is 0 Å². The first-order chi connectivity index (χ1) is 10.6. The molecule has 0 atom stereocenters. The molecule has 0 unspecified atom stereocenters. The van der Waals surface area contributed by atoms with E-state index in [-0.39, 0.29) is 11.6 Å². The number of anilines is 1. The summed E-state index contributed by atoms with van der Waals surface area (Å²) in [6.07, 6.45) is 0. The number of H-pyrrole nitrogens is 1. The zero-order valence-corrected chi connectivity index (χ0v) is 12.7. The summed E-state index contributed by atoms with van der Waals surface area (Å²) in [7, 11) is 3.49. The number of para-hydroxylation sites is 1. The standard InChI is InChI=1S/C15H19N5O2/c1-18(2)15(22)20-9-7-19(8-10-20)14-16-12-6-4-3-5-11(12)13(21)17-14/h3-6H,7-10H2,1-2H3,(H,16,17,21). The molecule has 0 bridgehead atoms. The number of aromatic amines is 1. The van der Waals surface area contributed by atoms with Gasteiger partial charge in [0.05, 0.1) is 10.9 Å². The minimum Gasteiger partial charge on any atom is -0.339 e. The Kier molecular flexibility index (Phi) is 3.70. The normalized spacial score (nSPS) is 15.2. The molecule has 3 rings (SSSR count). The fraction of sp³-hybridized carbons (Fsp3) is 0.400. The number of urea groups is 1. The van der Waals surface area contributed by atoms with Gasteiger partial charge < -0.3 is 14.7 Å². The second-order valence-corrected chi connectivity index (χ2v) is 5.56. The van der Waals surface area contributed by atoms with Crippen molar-refractivity contribution >= 4 is 22.9 Å². The van der Waals surface area contributed by atoms with Crippen molar-refractivity contribution < 1.29 is 4.79 Å². The van der Waals surface area contributed by atoms with E-state index in [2.05, 4.69) is 9.97 Å². The maximum atomic E-state index is 12.1. The molecule has 1 fully saturated rings. The largest absolute Gasteiger partial charge is 0.339 e. The van der Waals surface area contributed by atoms with Crippen molar-refractivity contribution in [3.05, 3.63) is 34.6 Å². The molecule has 22 heavy (non-hydrogen) atoms. The number of carbonyl (C=O) groups is 1. The van der Waals surface area contributed by atoms with Crippen LogP contribution in [0.4, 0.5) is 10.7 Å². The van der Waals surface area contributed by atoms with Crippen LogP contribution in [0.5, 0.6) is 0 Å². The first-order valence-corrected chi connectivity index (χ1v) is 7.26. The molecule has 1 aromatic carbocycles. The summed E-state index contributed by atoms with van der Waals surface area (Å²) in [4.78, 5) is 36.8. The first kappa shape index (κ1) is 14.4. The van der Waals surface area contributed by atoms with Crippen LogP contribution in [-0.4, -0.2) is 66.1 Å². The van der Waals surface area contributed by atoms with Crippen LogP contribution in [0.3, 0.4) is 0 Å². The molecule has 1 N–H and O–H groups in total. The molecule has 0 saturated carbocycles. The summed E-state index contributed by atoms with van der Waals surface area (Å²) in [6, 6.07) is 7.30. The first-order valence-electron chi connectivity index (χ1n) is 7.26. The third-order valence-corrected chi connectivity index (χ3v) is 3.83. The second kappa shape index (κ2) is 5.67. The molecule has 0 aliphatic carbocycles. The van der Waals surface area contributed by atoms with Crippen LogP contribution in [0.2, 0.25) is 0 Å². The number of benzene rings is 1. The SMILES string of the molecule is CN(C)C(=O)N1CCN(c2nc3ccccc3c(=O)[nH]2)CC1. The monoisotopic (exact) mass is 301 g/mol. The minimum atomic E-state index is -0.132. The van der Waals surface area contributed by atoms with E-state index in [9.17, 15) is 9.59 Å². The minimum absolute atomic E-state index is 0.0135. The molecular weight excluding hydrogens is 282 g/mol. The van der Waals surface area contributed by atoms with Gasteiger partial charge in [-0.15, -0.1) is 0 Å². The van der Waals surface area contributed by atoms with Crippen LogP contribution >= 0.6 is 0 Å². The van der Waals surface area contributed by atoms with E-state index in [1.807, 2.05) is 23.1 Å². The maximum Gasteiger partial charge on any atom is 0.319 e. The van der Waals surface area contributed by atoms with Crippen LogP contribution in [0.1, 0.15) is 0 Å². The smallest absolute Gasteiger partial charge is 0.319 e. The average molecular weight is 301 g/mol.